The number of hydrogen-bond donors (Lipinski definition) is 0. The number of nitrogens with zero attached hydrogens (tertiary/aromatic N) is 3. The molecule has 4 rings (SSSR count). The normalized spacial score (nSPS) is 14.8. The van der Waals surface area contributed by atoms with Crippen LogP contribution in [-0.2, 0) is 6.54 Å². The van der Waals surface area contributed by atoms with Gasteiger partial charge in [-0.05, 0) is 36.3 Å². The van der Waals surface area contributed by atoms with Gasteiger partial charge in [-0.3, -0.25) is 19.5 Å². The predicted molar refractivity (Wildman–Crippen MR) is 102 cm³/mol. The molecular formula is C18H11Cl2N3O3. The van der Waals surface area contributed by atoms with E-state index < -0.39 is 4.92 Å². The Morgan fingerprint density at radius 3 is 2.62 bits per heavy atom. The highest BCUT2D eigenvalue weighted by Crippen LogP contribution is 2.33. The number of aromatic nitrogens is 2. The first-order valence-electron chi connectivity index (χ1n) is 7.79. The van der Waals surface area contributed by atoms with Gasteiger partial charge in [-0.2, -0.15) is 0 Å². The minimum absolute atomic E-state index is 0.131. The summed E-state index contributed by atoms with van der Waals surface area (Å²) < 4.78 is 1.53. The summed E-state index contributed by atoms with van der Waals surface area (Å²) in [7, 11) is 0. The zero-order valence-electron chi connectivity index (χ0n) is 13.3. The van der Waals surface area contributed by atoms with Crippen LogP contribution in [0.2, 0.25) is 10.0 Å². The monoisotopic (exact) mass is 387 g/mol. The lowest BCUT2D eigenvalue weighted by Crippen LogP contribution is -2.20. The molecule has 0 aliphatic carbocycles. The molecule has 130 valence electrons. The zero-order chi connectivity index (χ0) is 18.4. The fraction of sp³-hybridized carbons (Fsp3) is 0.111. The summed E-state index contributed by atoms with van der Waals surface area (Å²) in [6.07, 6.45) is 2.44. The Morgan fingerprint density at radius 2 is 1.92 bits per heavy atom. The smallest absolute Gasteiger partial charge is 0.270 e. The Bertz CT molecular complexity index is 1150. The van der Waals surface area contributed by atoms with Gasteiger partial charge in [0.05, 0.1) is 15.8 Å². The van der Waals surface area contributed by atoms with Gasteiger partial charge in [0.25, 0.3) is 11.2 Å². The van der Waals surface area contributed by atoms with Crippen LogP contribution >= 0.6 is 23.2 Å². The average molecular weight is 388 g/mol. The summed E-state index contributed by atoms with van der Waals surface area (Å²) in [6.45, 7) is 0.452. The number of allylic oxidation sites excluding steroid dienone is 1. The van der Waals surface area contributed by atoms with E-state index in [0.29, 0.717) is 39.9 Å². The quantitative estimate of drug-likeness (QED) is 0.477. The number of fused-ring (bicyclic) bond motifs is 2. The third-order valence-corrected chi connectivity index (χ3v) is 5.02. The van der Waals surface area contributed by atoms with Gasteiger partial charge in [0.1, 0.15) is 5.82 Å². The van der Waals surface area contributed by atoms with Gasteiger partial charge < -0.3 is 0 Å². The summed E-state index contributed by atoms with van der Waals surface area (Å²) >= 11 is 12.5. The molecule has 0 spiro atoms. The molecule has 0 N–H and O–H groups in total. The first kappa shape index (κ1) is 16.8. The van der Waals surface area contributed by atoms with Crippen LogP contribution in [0, 0.1) is 10.1 Å². The van der Waals surface area contributed by atoms with Crippen molar-refractivity contribution in [3.8, 4) is 0 Å². The Balaban J connectivity index is 1.91. The molecule has 0 atom stereocenters. The molecule has 0 fully saturated rings. The largest absolute Gasteiger partial charge is 0.292 e. The molecule has 8 heteroatoms. The number of halogens is 2. The third kappa shape index (κ3) is 2.67. The first-order valence-corrected chi connectivity index (χ1v) is 8.55. The standard InChI is InChI=1S/C18H11Cl2N3O3/c19-14-2-1-3-15(20)12(14)8-10-6-7-22-17(10)21-16-5-4-11(23(25)26)9-13(16)18(22)24/h1-5,8-9H,6-7H2/b10-8-. The van der Waals surface area contributed by atoms with Crippen molar-refractivity contribution >= 4 is 51.4 Å². The van der Waals surface area contributed by atoms with E-state index in [4.69, 9.17) is 23.2 Å². The van der Waals surface area contributed by atoms with E-state index in [1.165, 1.54) is 22.8 Å². The van der Waals surface area contributed by atoms with Gasteiger partial charge in [0.2, 0.25) is 0 Å². The Labute approximate surface area is 157 Å². The van der Waals surface area contributed by atoms with Crippen LogP contribution in [0.15, 0.2) is 41.2 Å². The molecule has 0 saturated carbocycles. The van der Waals surface area contributed by atoms with Gasteiger partial charge in [-0.15, -0.1) is 0 Å². The number of nitro groups is 1. The Kier molecular flexibility index (Phi) is 4.01. The van der Waals surface area contributed by atoms with Crippen molar-refractivity contribution in [2.75, 3.05) is 0 Å². The summed E-state index contributed by atoms with van der Waals surface area (Å²) in [5.74, 6) is 0.535. The maximum absolute atomic E-state index is 12.7. The molecule has 0 radical (unpaired) electrons. The van der Waals surface area contributed by atoms with E-state index in [9.17, 15) is 14.9 Å². The molecular weight excluding hydrogens is 377 g/mol. The first-order chi connectivity index (χ1) is 12.5. The van der Waals surface area contributed by atoms with E-state index >= 15 is 0 Å². The van der Waals surface area contributed by atoms with E-state index in [1.807, 2.05) is 6.08 Å². The highest BCUT2D eigenvalue weighted by Gasteiger charge is 2.22. The molecule has 2 heterocycles. The lowest BCUT2D eigenvalue weighted by atomic mass is 10.1. The van der Waals surface area contributed by atoms with Crippen molar-refractivity contribution in [3.05, 3.63) is 78.3 Å². The van der Waals surface area contributed by atoms with Crippen molar-refractivity contribution in [1.29, 1.82) is 0 Å². The SMILES string of the molecule is O=c1c2cc([N+](=O)[O-])ccc2nc2n1CC/C2=C/c1c(Cl)cccc1Cl. The molecule has 26 heavy (non-hydrogen) atoms. The fourth-order valence-electron chi connectivity index (χ4n) is 3.08. The molecule has 0 unspecified atom stereocenters. The summed E-state index contributed by atoms with van der Waals surface area (Å²) in [5, 5.41) is 12.2. The van der Waals surface area contributed by atoms with Crippen molar-refractivity contribution in [2.24, 2.45) is 0 Å². The molecule has 0 amide bonds. The second-order valence-corrected chi connectivity index (χ2v) is 6.72. The zero-order valence-corrected chi connectivity index (χ0v) is 14.8. The molecule has 3 aromatic rings. The number of nitro benzene ring substituents is 1. The average Bonchev–Trinajstić information content (AvgIpc) is 3.01. The Morgan fingerprint density at radius 1 is 1.19 bits per heavy atom. The van der Waals surface area contributed by atoms with E-state index in [2.05, 4.69) is 4.98 Å². The number of rotatable bonds is 2. The van der Waals surface area contributed by atoms with Crippen LogP contribution in [0.5, 0.6) is 0 Å². The highest BCUT2D eigenvalue weighted by molar-refractivity contribution is 6.37. The minimum Gasteiger partial charge on any atom is -0.292 e. The molecule has 1 aromatic heterocycles. The summed E-state index contributed by atoms with van der Waals surface area (Å²) in [6, 6.07) is 9.36. The Hall–Kier alpha value is -2.70. The van der Waals surface area contributed by atoms with Crippen LogP contribution in [0.25, 0.3) is 22.6 Å². The number of hydrogen-bond acceptors (Lipinski definition) is 4. The summed E-state index contributed by atoms with van der Waals surface area (Å²) in [4.78, 5) is 27.7. The van der Waals surface area contributed by atoms with Gasteiger partial charge in [-0.25, -0.2) is 4.98 Å². The van der Waals surface area contributed by atoms with Crippen molar-refractivity contribution in [2.45, 2.75) is 13.0 Å². The van der Waals surface area contributed by atoms with Gasteiger partial charge in [-0.1, -0.05) is 29.3 Å². The lowest BCUT2D eigenvalue weighted by molar-refractivity contribution is -0.384. The third-order valence-electron chi connectivity index (χ3n) is 4.36. The molecule has 6 nitrogen and oxygen atoms in total. The number of benzene rings is 2. The van der Waals surface area contributed by atoms with E-state index in [-0.39, 0.29) is 16.6 Å². The van der Waals surface area contributed by atoms with Crippen LogP contribution in [0.3, 0.4) is 0 Å². The lowest BCUT2D eigenvalue weighted by Gasteiger charge is -2.06. The topological polar surface area (TPSA) is 78.0 Å². The predicted octanol–water partition coefficient (Wildman–Crippen LogP) is 4.56. The van der Waals surface area contributed by atoms with Crippen LogP contribution in [0.1, 0.15) is 17.8 Å². The molecule has 1 aliphatic heterocycles. The fourth-order valence-corrected chi connectivity index (χ4v) is 3.59. The maximum atomic E-state index is 12.7. The van der Waals surface area contributed by atoms with E-state index in [1.54, 1.807) is 18.2 Å². The van der Waals surface area contributed by atoms with Gasteiger partial charge in [0, 0.05) is 34.3 Å². The molecule has 1 aliphatic rings. The maximum Gasteiger partial charge on any atom is 0.270 e. The molecule has 0 bridgehead atoms. The second-order valence-electron chi connectivity index (χ2n) is 5.91. The van der Waals surface area contributed by atoms with E-state index in [0.717, 1.165) is 5.57 Å². The minimum atomic E-state index is -0.526. The summed E-state index contributed by atoms with van der Waals surface area (Å²) in [5.41, 5.74) is 1.52. The van der Waals surface area contributed by atoms with Crippen molar-refractivity contribution in [1.82, 2.24) is 9.55 Å². The number of non-ortho nitro benzene ring substituents is 1. The second kappa shape index (κ2) is 6.23. The molecule has 0 saturated heterocycles. The molecule has 2 aromatic carbocycles. The van der Waals surface area contributed by atoms with Gasteiger partial charge >= 0.3 is 0 Å². The van der Waals surface area contributed by atoms with Crippen molar-refractivity contribution < 1.29 is 4.92 Å². The van der Waals surface area contributed by atoms with Crippen molar-refractivity contribution in [3.63, 3.8) is 0 Å². The van der Waals surface area contributed by atoms with Crippen LogP contribution < -0.4 is 5.56 Å². The van der Waals surface area contributed by atoms with Crippen LogP contribution in [-0.4, -0.2) is 14.5 Å². The highest BCUT2D eigenvalue weighted by atomic mass is 35.5. The van der Waals surface area contributed by atoms with Gasteiger partial charge in [0.15, 0.2) is 0 Å². The van der Waals surface area contributed by atoms with Crippen LogP contribution in [0.4, 0.5) is 5.69 Å².